The van der Waals surface area contributed by atoms with Crippen molar-refractivity contribution < 1.29 is 4.79 Å². The van der Waals surface area contributed by atoms with Gasteiger partial charge >= 0.3 is 0 Å². The number of hydrogen-bond acceptors (Lipinski definition) is 5. The maximum absolute atomic E-state index is 12.3. The largest absolute Gasteiger partial charge is 0.325 e. The van der Waals surface area contributed by atoms with Gasteiger partial charge in [0.05, 0.1) is 10.6 Å². The third-order valence-corrected chi connectivity index (χ3v) is 6.07. The van der Waals surface area contributed by atoms with Gasteiger partial charge in [0, 0.05) is 15.8 Å². The summed E-state index contributed by atoms with van der Waals surface area (Å²) in [6.45, 7) is 4.81. The Morgan fingerprint density at radius 3 is 2.88 bits per heavy atom. The van der Waals surface area contributed by atoms with Crippen LogP contribution < -0.4 is 5.32 Å². The number of nitrogens with one attached hydrogen (secondary N) is 1. The predicted molar refractivity (Wildman–Crippen MR) is 112 cm³/mol. The average Bonchev–Trinajstić information content (AvgIpc) is 3.24. The van der Waals surface area contributed by atoms with Gasteiger partial charge in [0.15, 0.2) is 11.0 Å². The fourth-order valence-electron chi connectivity index (χ4n) is 2.35. The molecule has 2 heterocycles. The molecular formula is C17H17IN4OS2. The van der Waals surface area contributed by atoms with Crippen molar-refractivity contribution in [3.8, 4) is 10.7 Å². The van der Waals surface area contributed by atoms with E-state index in [1.807, 2.05) is 47.2 Å². The number of halogens is 1. The molecule has 0 bridgehead atoms. The lowest BCUT2D eigenvalue weighted by atomic mass is 10.2. The summed E-state index contributed by atoms with van der Waals surface area (Å²) in [5, 5.41) is 14.3. The molecule has 2 aromatic heterocycles. The van der Waals surface area contributed by atoms with Gasteiger partial charge in [0.2, 0.25) is 5.91 Å². The van der Waals surface area contributed by atoms with Gasteiger partial charge in [0.1, 0.15) is 0 Å². The van der Waals surface area contributed by atoms with Gasteiger partial charge < -0.3 is 9.88 Å². The minimum absolute atomic E-state index is 0.0439. The second kappa shape index (κ2) is 8.33. The summed E-state index contributed by atoms with van der Waals surface area (Å²) in [6, 6.07) is 9.99. The summed E-state index contributed by atoms with van der Waals surface area (Å²) in [5.74, 6) is 1.11. The molecule has 1 aromatic carbocycles. The topological polar surface area (TPSA) is 59.8 Å². The van der Waals surface area contributed by atoms with E-state index < -0.39 is 0 Å². The third kappa shape index (κ3) is 4.42. The summed E-state index contributed by atoms with van der Waals surface area (Å²) in [4.78, 5) is 13.4. The number of anilines is 1. The average molecular weight is 484 g/mol. The van der Waals surface area contributed by atoms with E-state index in [1.54, 1.807) is 11.3 Å². The quantitative estimate of drug-likeness (QED) is 0.408. The Labute approximate surface area is 168 Å². The standard InChI is InChI=1S/C17H17IN4OS2/c1-3-22-16(14-5-4-8-24-14)20-21-17(22)25-10-15(23)19-13-7-6-12(18)9-11(13)2/h4-9H,3,10H2,1-2H3,(H,19,23). The molecule has 25 heavy (non-hydrogen) atoms. The van der Waals surface area contributed by atoms with Crippen LogP contribution in [0.5, 0.6) is 0 Å². The number of carbonyl (C=O) groups is 1. The zero-order valence-electron chi connectivity index (χ0n) is 13.8. The second-order valence-corrected chi connectivity index (χ2v) is 8.46. The lowest BCUT2D eigenvalue weighted by Crippen LogP contribution is -2.15. The van der Waals surface area contributed by atoms with Gasteiger partial charge in [0.25, 0.3) is 0 Å². The molecule has 3 rings (SSSR count). The van der Waals surface area contributed by atoms with E-state index in [1.165, 1.54) is 11.8 Å². The number of aryl methyl sites for hydroxylation is 1. The van der Waals surface area contributed by atoms with Crippen molar-refractivity contribution in [2.24, 2.45) is 0 Å². The van der Waals surface area contributed by atoms with E-state index >= 15 is 0 Å². The van der Waals surface area contributed by atoms with Gasteiger partial charge in [-0.25, -0.2) is 0 Å². The number of nitrogens with zero attached hydrogens (tertiary/aromatic N) is 3. The first kappa shape index (κ1) is 18.4. The van der Waals surface area contributed by atoms with E-state index in [0.29, 0.717) is 5.75 Å². The van der Waals surface area contributed by atoms with Crippen molar-refractivity contribution in [2.75, 3.05) is 11.1 Å². The molecule has 0 unspecified atom stereocenters. The fraction of sp³-hybridized carbons (Fsp3) is 0.235. The fourth-order valence-corrected chi connectivity index (χ4v) is 4.52. The molecular weight excluding hydrogens is 467 g/mol. The van der Waals surface area contributed by atoms with Crippen molar-refractivity contribution in [1.29, 1.82) is 0 Å². The van der Waals surface area contributed by atoms with Crippen LogP contribution in [0.2, 0.25) is 0 Å². The van der Waals surface area contributed by atoms with Crippen LogP contribution in [0, 0.1) is 10.5 Å². The van der Waals surface area contributed by atoms with E-state index in [2.05, 4.69) is 45.0 Å². The van der Waals surface area contributed by atoms with E-state index in [-0.39, 0.29) is 5.91 Å². The molecule has 5 nitrogen and oxygen atoms in total. The molecule has 0 aliphatic heterocycles. The third-order valence-electron chi connectivity index (χ3n) is 3.57. The number of hydrogen-bond donors (Lipinski definition) is 1. The number of carbonyl (C=O) groups excluding carboxylic acids is 1. The Hall–Kier alpha value is -1.39. The molecule has 0 saturated carbocycles. The molecule has 0 aliphatic carbocycles. The number of rotatable bonds is 6. The van der Waals surface area contributed by atoms with Crippen LogP contribution in [0.1, 0.15) is 12.5 Å². The SMILES string of the molecule is CCn1c(SCC(=O)Nc2ccc(I)cc2C)nnc1-c1cccs1. The minimum Gasteiger partial charge on any atom is -0.325 e. The first-order chi connectivity index (χ1) is 12.1. The lowest BCUT2D eigenvalue weighted by molar-refractivity contribution is -0.113. The van der Waals surface area contributed by atoms with Gasteiger partial charge in [-0.15, -0.1) is 21.5 Å². The highest BCUT2D eigenvalue weighted by molar-refractivity contribution is 14.1. The van der Waals surface area contributed by atoms with Gasteiger partial charge in [-0.2, -0.15) is 0 Å². The Bertz CT molecular complexity index is 877. The molecule has 1 amide bonds. The van der Waals surface area contributed by atoms with E-state index in [0.717, 1.165) is 37.2 Å². The molecule has 0 radical (unpaired) electrons. The Balaban J connectivity index is 1.66. The zero-order valence-corrected chi connectivity index (χ0v) is 17.6. The molecule has 0 spiro atoms. The summed E-state index contributed by atoms with van der Waals surface area (Å²) < 4.78 is 3.19. The monoisotopic (exact) mass is 484 g/mol. The Morgan fingerprint density at radius 1 is 1.36 bits per heavy atom. The van der Waals surface area contributed by atoms with Crippen LogP contribution in [0.15, 0.2) is 40.9 Å². The first-order valence-electron chi connectivity index (χ1n) is 7.74. The summed E-state index contributed by atoms with van der Waals surface area (Å²) in [6.07, 6.45) is 0. The number of amides is 1. The zero-order chi connectivity index (χ0) is 17.8. The Morgan fingerprint density at radius 2 is 2.20 bits per heavy atom. The van der Waals surface area contributed by atoms with Crippen LogP contribution >= 0.6 is 45.7 Å². The van der Waals surface area contributed by atoms with Crippen molar-refractivity contribution in [2.45, 2.75) is 25.5 Å². The number of thioether (sulfide) groups is 1. The molecule has 8 heteroatoms. The minimum atomic E-state index is -0.0439. The first-order valence-corrected chi connectivity index (χ1v) is 10.7. The maximum Gasteiger partial charge on any atom is 0.234 e. The van der Waals surface area contributed by atoms with E-state index in [4.69, 9.17) is 0 Å². The molecule has 0 fully saturated rings. The van der Waals surface area contributed by atoms with Gasteiger partial charge in [-0.05, 0) is 71.6 Å². The normalized spacial score (nSPS) is 10.8. The molecule has 130 valence electrons. The molecule has 0 atom stereocenters. The van der Waals surface area contributed by atoms with E-state index in [9.17, 15) is 4.79 Å². The highest BCUT2D eigenvalue weighted by Crippen LogP contribution is 2.27. The number of benzene rings is 1. The lowest BCUT2D eigenvalue weighted by Gasteiger charge is -2.09. The second-order valence-electron chi connectivity index (χ2n) is 5.32. The summed E-state index contributed by atoms with van der Waals surface area (Å²) in [7, 11) is 0. The molecule has 3 aromatic rings. The molecule has 0 saturated heterocycles. The van der Waals surface area contributed by atoms with Crippen molar-refractivity contribution in [3.05, 3.63) is 44.8 Å². The van der Waals surface area contributed by atoms with Gasteiger partial charge in [-0.3, -0.25) is 4.79 Å². The maximum atomic E-state index is 12.3. The van der Waals surface area contributed by atoms with Crippen LogP contribution in [-0.2, 0) is 11.3 Å². The summed E-state index contributed by atoms with van der Waals surface area (Å²) in [5.41, 5.74) is 1.91. The highest BCUT2D eigenvalue weighted by Gasteiger charge is 2.15. The van der Waals surface area contributed by atoms with Crippen LogP contribution in [0.4, 0.5) is 5.69 Å². The van der Waals surface area contributed by atoms with Crippen molar-refractivity contribution in [3.63, 3.8) is 0 Å². The molecule has 1 N–H and O–H groups in total. The predicted octanol–water partition coefficient (Wildman–Crippen LogP) is 4.67. The van der Waals surface area contributed by atoms with Crippen LogP contribution in [0.25, 0.3) is 10.7 Å². The number of aromatic nitrogens is 3. The van der Waals surface area contributed by atoms with Crippen molar-refractivity contribution >= 4 is 57.3 Å². The molecule has 0 aliphatic rings. The van der Waals surface area contributed by atoms with Crippen LogP contribution in [-0.4, -0.2) is 26.4 Å². The smallest absolute Gasteiger partial charge is 0.234 e. The van der Waals surface area contributed by atoms with Crippen LogP contribution in [0.3, 0.4) is 0 Å². The van der Waals surface area contributed by atoms with Crippen molar-refractivity contribution in [1.82, 2.24) is 14.8 Å². The highest BCUT2D eigenvalue weighted by atomic mass is 127. The number of thiophene rings is 1. The summed E-state index contributed by atoms with van der Waals surface area (Å²) >= 11 is 5.30. The van der Waals surface area contributed by atoms with Gasteiger partial charge in [-0.1, -0.05) is 17.8 Å². The Kier molecular flexibility index (Phi) is 6.13.